The Labute approximate surface area is 172 Å². The van der Waals surface area contributed by atoms with Crippen LogP contribution in [0, 0.1) is 11.8 Å². The zero-order chi connectivity index (χ0) is 21.6. The summed E-state index contributed by atoms with van der Waals surface area (Å²) in [7, 11) is 0. The Morgan fingerprint density at radius 2 is 1.86 bits per heavy atom. The second-order valence-corrected chi connectivity index (χ2v) is 8.81. The summed E-state index contributed by atoms with van der Waals surface area (Å²) in [5, 5.41) is 9.22. The van der Waals surface area contributed by atoms with Gasteiger partial charge in [-0.1, -0.05) is 39.3 Å². The van der Waals surface area contributed by atoms with Crippen LogP contribution in [-0.2, 0) is 11.0 Å². The average Bonchev–Trinajstić information content (AvgIpc) is 2.64. The van der Waals surface area contributed by atoms with Crippen LogP contribution in [0.25, 0.3) is 0 Å². The maximum atomic E-state index is 13.0. The van der Waals surface area contributed by atoms with E-state index in [0.717, 1.165) is 56.5 Å². The van der Waals surface area contributed by atoms with Crippen molar-refractivity contribution < 1.29 is 23.1 Å². The molecular weight excluding hydrogens is 379 g/mol. The number of alkyl halides is 3. The van der Waals surface area contributed by atoms with Crippen LogP contribution in [0.5, 0.6) is 0 Å². The molecule has 0 heterocycles. The van der Waals surface area contributed by atoms with Gasteiger partial charge in [0, 0.05) is 19.0 Å². The molecule has 0 bridgehead atoms. The highest BCUT2D eigenvalue weighted by molar-refractivity contribution is 5.67. The summed E-state index contributed by atoms with van der Waals surface area (Å²) in [5.41, 5.74) is 0.254. The van der Waals surface area contributed by atoms with Crippen molar-refractivity contribution in [2.24, 2.45) is 11.8 Å². The SMILES string of the molecule is CCCCN(CC(C)C)[C@@H]1CC[C@@H](CC(=O)O)C[C@H]1c1ccc(C(F)(F)F)cc1. The van der Waals surface area contributed by atoms with E-state index >= 15 is 0 Å². The van der Waals surface area contributed by atoms with E-state index in [0.29, 0.717) is 12.3 Å². The summed E-state index contributed by atoms with van der Waals surface area (Å²) in [4.78, 5) is 13.7. The zero-order valence-electron chi connectivity index (χ0n) is 17.7. The number of unbranched alkanes of at least 4 members (excludes halogenated alkanes) is 1. The number of carboxylic acid groups (broad SMARTS) is 1. The van der Waals surface area contributed by atoms with Crippen molar-refractivity contribution in [2.75, 3.05) is 13.1 Å². The van der Waals surface area contributed by atoms with Crippen molar-refractivity contribution in [2.45, 2.75) is 77.4 Å². The molecule has 1 aromatic rings. The van der Waals surface area contributed by atoms with Crippen LogP contribution >= 0.6 is 0 Å². The maximum absolute atomic E-state index is 13.0. The van der Waals surface area contributed by atoms with Crippen LogP contribution in [0.3, 0.4) is 0 Å². The van der Waals surface area contributed by atoms with Gasteiger partial charge >= 0.3 is 12.1 Å². The van der Waals surface area contributed by atoms with E-state index < -0.39 is 17.7 Å². The van der Waals surface area contributed by atoms with E-state index in [1.807, 2.05) is 0 Å². The van der Waals surface area contributed by atoms with E-state index in [-0.39, 0.29) is 24.3 Å². The van der Waals surface area contributed by atoms with Gasteiger partial charge < -0.3 is 5.11 Å². The van der Waals surface area contributed by atoms with Gasteiger partial charge in [0.1, 0.15) is 0 Å². The second kappa shape index (κ2) is 10.5. The zero-order valence-corrected chi connectivity index (χ0v) is 17.7. The van der Waals surface area contributed by atoms with Crippen LogP contribution in [0.4, 0.5) is 13.2 Å². The Morgan fingerprint density at radius 3 is 2.38 bits per heavy atom. The van der Waals surface area contributed by atoms with Crippen LogP contribution in [-0.4, -0.2) is 35.1 Å². The molecule has 6 heteroatoms. The van der Waals surface area contributed by atoms with Crippen molar-refractivity contribution >= 4 is 5.97 Å². The number of hydrogen-bond donors (Lipinski definition) is 1. The van der Waals surface area contributed by atoms with Gasteiger partial charge in [-0.15, -0.1) is 0 Å². The fourth-order valence-corrected chi connectivity index (χ4v) is 4.61. The molecule has 1 fully saturated rings. The first-order valence-electron chi connectivity index (χ1n) is 10.7. The first kappa shape index (κ1) is 23.7. The number of halogens is 3. The largest absolute Gasteiger partial charge is 0.481 e. The molecule has 0 unspecified atom stereocenters. The summed E-state index contributed by atoms with van der Waals surface area (Å²) in [6.45, 7) is 8.44. The van der Waals surface area contributed by atoms with E-state index in [1.165, 1.54) is 0 Å². The second-order valence-electron chi connectivity index (χ2n) is 8.81. The first-order chi connectivity index (χ1) is 13.6. The third kappa shape index (κ3) is 7.02. The smallest absolute Gasteiger partial charge is 0.416 e. The summed E-state index contributed by atoms with van der Waals surface area (Å²) >= 11 is 0. The minimum atomic E-state index is -4.35. The van der Waals surface area contributed by atoms with Crippen LogP contribution in [0.15, 0.2) is 24.3 Å². The number of aliphatic carboxylic acids is 1. The molecule has 2 rings (SSSR count). The summed E-state index contributed by atoms with van der Waals surface area (Å²) < 4.78 is 38.9. The van der Waals surface area contributed by atoms with Crippen molar-refractivity contribution in [3.63, 3.8) is 0 Å². The minimum absolute atomic E-state index is 0.0611. The molecule has 0 amide bonds. The van der Waals surface area contributed by atoms with Crippen molar-refractivity contribution in [1.82, 2.24) is 4.90 Å². The van der Waals surface area contributed by atoms with Gasteiger partial charge in [0.15, 0.2) is 0 Å². The molecule has 0 radical (unpaired) electrons. The Kier molecular flexibility index (Phi) is 8.56. The molecule has 1 aromatic carbocycles. The normalized spacial score (nSPS) is 23.0. The lowest BCUT2D eigenvalue weighted by atomic mass is 9.72. The fourth-order valence-electron chi connectivity index (χ4n) is 4.61. The quantitative estimate of drug-likeness (QED) is 0.525. The number of rotatable bonds is 9. The Morgan fingerprint density at radius 1 is 1.21 bits per heavy atom. The molecule has 0 spiro atoms. The molecule has 1 N–H and O–H groups in total. The predicted molar refractivity (Wildman–Crippen MR) is 109 cm³/mol. The van der Waals surface area contributed by atoms with Crippen molar-refractivity contribution in [3.05, 3.63) is 35.4 Å². The topological polar surface area (TPSA) is 40.5 Å². The Hall–Kier alpha value is -1.56. The molecule has 0 aliphatic heterocycles. The highest BCUT2D eigenvalue weighted by atomic mass is 19.4. The number of benzene rings is 1. The molecule has 0 saturated heterocycles. The first-order valence-corrected chi connectivity index (χ1v) is 10.7. The summed E-state index contributed by atoms with van der Waals surface area (Å²) in [6.07, 6.45) is 0.414. The fraction of sp³-hybridized carbons (Fsp3) is 0.696. The molecule has 1 aliphatic carbocycles. The third-order valence-corrected chi connectivity index (χ3v) is 5.92. The summed E-state index contributed by atoms with van der Waals surface area (Å²) in [6, 6.07) is 5.75. The number of carboxylic acids is 1. The highest BCUT2D eigenvalue weighted by Gasteiger charge is 2.36. The number of nitrogens with zero attached hydrogens (tertiary/aromatic N) is 1. The number of carbonyl (C=O) groups is 1. The highest BCUT2D eigenvalue weighted by Crippen LogP contribution is 2.41. The van der Waals surface area contributed by atoms with E-state index in [4.69, 9.17) is 0 Å². The Balaban J connectivity index is 2.30. The van der Waals surface area contributed by atoms with E-state index in [2.05, 4.69) is 25.7 Å². The van der Waals surface area contributed by atoms with Crippen LogP contribution in [0.2, 0.25) is 0 Å². The van der Waals surface area contributed by atoms with Gasteiger partial charge in [-0.3, -0.25) is 9.69 Å². The van der Waals surface area contributed by atoms with Crippen LogP contribution < -0.4 is 0 Å². The van der Waals surface area contributed by atoms with Gasteiger partial charge in [-0.05, 0) is 67.7 Å². The predicted octanol–water partition coefficient (Wildman–Crippen LogP) is 6.19. The van der Waals surface area contributed by atoms with Gasteiger partial charge in [0.05, 0.1) is 5.56 Å². The van der Waals surface area contributed by atoms with E-state index in [1.54, 1.807) is 12.1 Å². The average molecular weight is 414 g/mol. The molecule has 3 atom stereocenters. The Bertz CT molecular complexity index is 643. The molecule has 3 nitrogen and oxygen atoms in total. The third-order valence-electron chi connectivity index (χ3n) is 5.92. The van der Waals surface area contributed by atoms with Crippen molar-refractivity contribution in [1.29, 1.82) is 0 Å². The number of hydrogen-bond acceptors (Lipinski definition) is 2. The molecule has 0 aromatic heterocycles. The molecular formula is C23H34F3NO2. The van der Waals surface area contributed by atoms with Crippen molar-refractivity contribution in [3.8, 4) is 0 Å². The lowest BCUT2D eigenvalue weighted by molar-refractivity contribution is -0.139. The lowest BCUT2D eigenvalue weighted by Gasteiger charge is -2.43. The molecule has 164 valence electrons. The standard InChI is InChI=1S/C23H34F3NO2/c1-4-5-12-27(15-16(2)3)21-11-6-17(14-22(28)29)13-20(21)18-7-9-19(10-8-18)23(24,25)26/h7-10,16-17,20-21H,4-6,11-15H2,1-3H3,(H,28,29)/t17-,20+,21-/m1/s1. The minimum Gasteiger partial charge on any atom is -0.481 e. The van der Waals surface area contributed by atoms with Gasteiger partial charge in [0.2, 0.25) is 0 Å². The molecule has 1 saturated carbocycles. The maximum Gasteiger partial charge on any atom is 0.416 e. The van der Waals surface area contributed by atoms with Gasteiger partial charge in [-0.25, -0.2) is 0 Å². The van der Waals surface area contributed by atoms with E-state index in [9.17, 15) is 23.1 Å². The van der Waals surface area contributed by atoms with Crippen LogP contribution in [0.1, 0.15) is 76.3 Å². The van der Waals surface area contributed by atoms with Gasteiger partial charge in [-0.2, -0.15) is 13.2 Å². The molecule has 29 heavy (non-hydrogen) atoms. The molecule has 1 aliphatic rings. The van der Waals surface area contributed by atoms with Gasteiger partial charge in [0.25, 0.3) is 0 Å². The lowest BCUT2D eigenvalue weighted by Crippen LogP contribution is -2.45. The summed E-state index contributed by atoms with van der Waals surface area (Å²) in [5.74, 6) is -0.171. The monoisotopic (exact) mass is 413 g/mol.